The van der Waals surface area contributed by atoms with E-state index in [-0.39, 0.29) is 41.9 Å². The molecule has 0 radical (unpaired) electrons. The molecule has 0 aromatic rings. The van der Waals surface area contributed by atoms with Crippen molar-refractivity contribution in [2.75, 3.05) is 31.1 Å². The van der Waals surface area contributed by atoms with Crippen molar-refractivity contribution in [3.63, 3.8) is 0 Å². The van der Waals surface area contributed by atoms with Crippen molar-refractivity contribution in [1.29, 1.82) is 0 Å². The van der Waals surface area contributed by atoms with Crippen LogP contribution in [0.15, 0.2) is 12.2 Å². The number of rotatable bonds is 7. The van der Waals surface area contributed by atoms with Gasteiger partial charge in [0.05, 0.1) is 12.1 Å². The summed E-state index contributed by atoms with van der Waals surface area (Å²) in [5.41, 5.74) is 0. The van der Waals surface area contributed by atoms with Gasteiger partial charge in [0.1, 0.15) is 6.04 Å². The molecule has 2 rings (SSSR count). The molecule has 0 aromatic carbocycles. The molecule has 2 heterocycles. The first kappa shape index (κ1) is 28.7. The Labute approximate surface area is 208 Å². The number of fused-ring (bicyclic) bond motifs is 1. The zero-order valence-corrected chi connectivity index (χ0v) is 21.8. The first-order valence-electron chi connectivity index (χ1n) is 12.8. The third-order valence-electron chi connectivity index (χ3n) is 6.74. The van der Waals surface area contributed by atoms with Gasteiger partial charge < -0.3 is 26.4 Å². The molecular weight excluding hydrogens is 452 g/mol. The van der Waals surface area contributed by atoms with Crippen LogP contribution in [-0.2, 0) is 14.4 Å². The van der Waals surface area contributed by atoms with E-state index in [0.717, 1.165) is 50.9 Å². The van der Waals surface area contributed by atoms with Gasteiger partial charge in [-0.25, -0.2) is 0 Å². The number of aliphatic hydroxyl groups excluding tert-OH is 1. The summed E-state index contributed by atoms with van der Waals surface area (Å²) < 4.78 is 0. The lowest BCUT2D eigenvalue weighted by Gasteiger charge is -2.32. The molecule has 0 aromatic heterocycles. The molecule has 0 bridgehead atoms. The second-order valence-electron chi connectivity index (χ2n) is 9.64. The SMILES string of the molecule is CCCCNC(=O)[C@H](C)C[C@H](O)[C@@H]1CSC/C=C/CC[C@H]2CNCC[C@H]2C(=O)N[C@@H](C)C(=O)N1. The Kier molecular flexibility index (Phi) is 13.0. The van der Waals surface area contributed by atoms with E-state index in [1.807, 2.05) is 0 Å². The summed E-state index contributed by atoms with van der Waals surface area (Å²) >= 11 is 1.64. The van der Waals surface area contributed by atoms with E-state index in [1.54, 1.807) is 25.6 Å². The molecule has 34 heavy (non-hydrogen) atoms. The third-order valence-corrected chi connectivity index (χ3v) is 7.77. The Balaban J connectivity index is 2.03. The van der Waals surface area contributed by atoms with Crippen LogP contribution in [0, 0.1) is 17.8 Å². The maximum Gasteiger partial charge on any atom is 0.242 e. The molecule has 8 nitrogen and oxygen atoms in total. The summed E-state index contributed by atoms with van der Waals surface area (Å²) in [5, 5.41) is 23.0. The number of thioether (sulfide) groups is 1. The van der Waals surface area contributed by atoms with Crippen molar-refractivity contribution in [1.82, 2.24) is 21.3 Å². The van der Waals surface area contributed by atoms with Crippen molar-refractivity contribution < 1.29 is 19.5 Å². The molecule has 0 aliphatic carbocycles. The second kappa shape index (κ2) is 15.4. The van der Waals surface area contributed by atoms with Crippen LogP contribution in [0.2, 0.25) is 0 Å². The van der Waals surface area contributed by atoms with Gasteiger partial charge in [-0.15, -0.1) is 0 Å². The Morgan fingerprint density at radius 3 is 2.79 bits per heavy atom. The van der Waals surface area contributed by atoms with E-state index in [1.165, 1.54) is 0 Å². The number of allylic oxidation sites excluding steroid dienone is 1. The topological polar surface area (TPSA) is 120 Å². The molecule has 0 saturated carbocycles. The van der Waals surface area contributed by atoms with Gasteiger partial charge in [0.2, 0.25) is 17.7 Å². The monoisotopic (exact) mass is 496 g/mol. The molecule has 6 atom stereocenters. The standard InChI is InChI=1S/C25H44N4O4S/c1-4-5-11-27-23(31)17(2)14-22(30)21-16-34-13-8-6-7-9-19-15-26-12-10-20(19)25(33)28-18(3)24(32)29-21/h6,8,17-22,26,30H,4-5,7,9-16H2,1-3H3,(H,27,31)(H,28,33)(H,29,32)/b8-6+/t17-,18+,19+,20-,21+,22+/m1/s1. The number of aliphatic hydroxyl groups is 1. The fourth-order valence-electron chi connectivity index (χ4n) is 4.47. The van der Waals surface area contributed by atoms with Crippen LogP contribution in [0.4, 0.5) is 0 Å². The largest absolute Gasteiger partial charge is 0.391 e. The molecule has 0 unspecified atom stereocenters. The predicted octanol–water partition coefficient (Wildman–Crippen LogP) is 1.59. The van der Waals surface area contributed by atoms with Crippen LogP contribution >= 0.6 is 11.8 Å². The molecule has 1 saturated heterocycles. The van der Waals surface area contributed by atoms with Crippen LogP contribution < -0.4 is 21.3 Å². The summed E-state index contributed by atoms with van der Waals surface area (Å²) in [7, 11) is 0. The zero-order valence-electron chi connectivity index (χ0n) is 21.0. The number of piperidine rings is 1. The van der Waals surface area contributed by atoms with Gasteiger partial charge in [-0.1, -0.05) is 32.4 Å². The fraction of sp³-hybridized carbons (Fsp3) is 0.800. The molecule has 0 spiro atoms. The highest BCUT2D eigenvalue weighted by molar-refractivity contribution is 7.99. The van der Waals surface area contributed by atoms with Crippen molar-refractivity contribution in [3.05, 3.63) is 12.2 Å². The molecule has 194 valence electrons. The second-order valence-corrected chi connectivity index (χ2v) is 10.7. The lowest BCUT2D eigenvalue weighted by molar-refractivity contribution is -0.133. The number of carbonyl (C=O) groups is 3. The van der Waals surface area contributed by atoms with Gasteiger partial charge in [-0.05, 0) is 58.0 Å². The molecule has 5 N–H and O–H groups in total. The molecule has 3 amide bonds. The Hall–Kier alpha value is -1.58. The summed E-state index contributed by atoms with van der Waals surface area (Å²) in [6, 6.07) is -1.20. The predicted molar refractivity (Wildman–Crippen MR) is 137 cm³/mol. The van der Waals surface area contributed by atoms with Gasteiger partial charge in [-0.3, -0.25) is 14.4 Å². The lowest BCUT2D eigenvalue weighted by Crippen LogP contribution is -2.54. The molecule has 2 aliphatic heterocycles. The summed E-state index contributed by atoms with van der Waals surface area (Å²) in [5.74, 6) is 0.639. The fourth-order valence-corrected chi connectivity index (χ4v) is 5.44. The lowest BCUT2D eigenvalue weighted by atomic mass is 9.82. The average Bonchev–Trinajstić information content (AvgIpc) is 2.82. The maximum atomic E-state index is 13.0. The molecule has 1 fully saturated rings. The van der Waals surface area contributed by atoms with Gasteiger partial charge in [0.15, 0.2) is 0 Å². The van der Waals surface area contributed by atoms with Gasteiger partial charge in [-0.2, -0.15) is 11.8 Å². The average molecular weight is 497 g/mol. The molecule has 2 aliphatic rings. The minimum absolute atomic E-state index is 0.0724. The molecular formula is C25H44N4O4S. The summed E-state index contributed by atoms with van der Waals surface area (Å²) in [4.78, 5) is 38.2. The van der Waals surface area contributed by atoms with Crippen LogP contribution in [0.25, 0.3) is 0 Å². The number of hydrogen-bond acceptors (Lipinski definition) is 6. The maximum absolute atomic E-state index is 13.0. The normalized spacial score (nSPS) is 29.9. The van der Waals surface area contributed by atoms with E-state index in [4.69, 9.17) is 0 Å². The molecule has 9 heteroatoms. The van der Waals surface area contributed by atoms with E-state index in [0.29, 0.717) is 12.3 Å². The van der Waals surface area contributed by atoms with Gasteiger partial charge in [0.25, 0.3) is 0 Å². The quantitative estimate of drug-likeness (QED) is 0.270. The van der Waals surface area contributed by atoms with E-state index in [2.05, 4.69) is 40.3 Å². The number of carbonyl (C=O) groups excluding carboxylic acids is 3. The Morgan fingerprint density at radius 1 is 1.24 bits per heavy atom. The number of hydrogen-bond donors (Lipinski definition) is 5. The zero-order chi connectivity index (χ0) is 24.9. The van der Waals surface area contributed by atoms with Crippen LogP contribution in [0.5, 0.6) is 0 Å². The number of nitrogens with one attached hydrogen (secondary N) is 4. The van der Waals surface area contributed by atoms with Crippen LogP contribution in [-0.4, -0.2) is 72.2 Å². The third kappa shape index (κ3) is 9.58. The number of amides is 3. The van der Waals surface area contributed by atoms with E-state index < -0.39 is 18.2 Å². The minimum atomic E-state index is -0.861. The van der Waals surface area contributed by atoms with E-state index in [9.17, 15) is 19.5 Å². The smallest absolute Gasteiger partial charge is 0.242 e. The van der Waals surface area contributed by atoms with Crippen LogP contribution in [0.3, 0.4) is 0 Å². The summed E-state index contributed by atoms with van der Waals surface area (Å²) in [6.45, 7) is 7.81. The highest BCUT2D eigenvalue weighted by atomic mass is 32.2. The highest BCUT2D eigenvalue weighted by Crippen LogP contribution is 2.24. The van der Waals surface area contributed by atoms with Gasteiger partial charge >= 0.3 is 0 Å². The van der Waals surface area contributed by atoms with Gasteiger partial charge in [0, 0.05) is 29.9 Å². The van der Waals surface area contributed by atoms with Crippen molar-refractivity contribution in [2.45, 2.75) is 77.5 Å². The Morgan fingerprint density at radius 2 is 2.03 bits per heavy atom. The first-order chi connectivity index (χ1) is 16.3. The van der Waals surface area contributed by atoms with E-state index >= 15 is 0 Å². The minimum Gasteiger partial charge on any atom is -0.391 e. The first-order valence-corrected chi connectivity index (χ1v) is 14.0. The highest BCUT2D eigenvalue weighted by Gasteiger charge is 2.33. The van der Waals surface area contributed by atoms with Crippen LogP contribution in [0.1, 0.15) is 59.3 Å². The van der Waals surface area contributed by atoms with Crippen molar-refractivity contribution in [2.24, 2.45) is 17.8 Å². The van der Waals surface area contributed by atoms with Crippen molar-refractivity contribution in [3.8, 4) is 0 Å². The number of unbranched alkanes of at least 4 members (excludes halogenated alkanes) is 1. The summed E-state index contributed by atoms with van der Waals surface area (Å²) in [6.07, 6.45) is 8.22. The van der Waals surface area contributed by atoms with Crippen molar-refractivity contribution >= 4 is 29.5 Å². The Bertz CT molecular complexity index is 690.